The van der Waals surface area contributed by atoms with Crippen molar-refractivity contribution in [3.63, 3.8) is 0 Å². The van der Waals surface area contributed by atoms with E-state index in [2.05, 4.69) is 10.0 Å². The van der Waals surface area contributed by atoms with E-state index in [-0.39, 0.29) is 48.4 Å². The van der Waals surface area contributed by atoms with Crippen LogP contribution >= 0.6 is 0 Å². The Hall–Kier alpha value is -4.14. The monoisotopic (exact) mass is 621 g/mol. The Morgan fingerprint density at radius 1 is 1.02 bits per heavy atom. The van der Waals surface area contributed by atoms with E-state index < -0.39 is 27.7 Å². The SMILES string of the molecule is CNC(=O)c1cc(-c2ccc3c(c2)CCN(c2ccc(OCOCCOC)c(NS(C)(=O)=O)c2)C3=O)cc(C(F)(F)F)c1. The smallest absolute Gasteiger partial charge is 0.416 e. The van der Waals surface area contributed by atoms with Crippen LogP contribution in [0.4, 0.5) is 24.5 Å². The number of methoxy groups -OCH3 is 1. The number of hydrogen-bond donors (Lipinski definition) is 2. The second kappa shape index (κ2) is 13.0. The number of rotatable bonds is 11. The first-order valence-corrected chi connectivity index (χ1v) is 14.9. The predicted octanol–water partition coefficient (Wildman–Crippen LogP) is 4.31. The van der Waals surface area contributed by atoms with Crippen molar-refractivity contribution in [2.45, 2.75) is 12.6 Å². The van der Waals surface area contributed by atoms with Crippen LogP contribution in [-0.4, -0.2) is 67.2 Å². The van der Waals surface area contributed by atoms with Gasteiger partial charge in [-0.3, -0.25) is 14.3 Å². The van der Waals surface area contributed by atoms with E-state index in [1.807, 2.05) is 0 Å². The van der Waals surface area contributed by atoms with Gasteiger partial charge in [-0.2, -0.15) is 13.2 Å². The molecule has 0 radical (unpaired) electrons. The zero-order chi connectivity index (χ0) is 31.4. The van der Waals surface area contributed by atoms with Crippen LogP contribution in [0, 0.1) is 0 Å². The lowest BCUT2D eigenvalue weighted by Crippen LogP contribution is -2.37. The molecule has 0 atom stereocenters. The molecule has 1 aliphatic heterocycles. The molecule has 0 saturated carbocycles. The highest BCUT2D eigenvalue weighted by atomic mass is 32.2. The van der Waals surface area contributed by atoms with Gasteiger partial charge in [0.1, 0.15) is 5.75 Å². The number of carbonyl (C=O) groups excluding carboxylic acids is 2. The van der Waals surface area contributed by atoms with Crippen LogP contribution in [0.2, 0.25) is 0 Å². The summed E-state index contributed by atoms with van der Waals surface area (Å²) in [5.41, 5.74) is 0.996. The summed E-state index contributed by atoms with van der Waals surface area (Å²) >= 11 is 0. The van der Waals surface area contributed by atoms with Gasteiger partial charge in [0.25, 0.3) is 11.8 Å². The molecule has 0 aromatic heterocycles. The minimum atomic E-state index is -4.66. The number of hydrogen-bond acceptors (Lipinski definition) is 7. The lowest BCUT2D eigenvalue weighted by molar-refractivity contribution is -0.137. The molecular formula is C29H30F3N3O7S. The number of nitrogens with one attached hydrogen (secondary N) is 2. The van der Waals surface area contributed by atoms with Gasteiger partial charge in [-0.05, 0) is 65.6 Å². The van der Waals surface area contributed by atoms with Crippen molar-refractivity contribution in [3.05, 3.63) is 76.9 Å². The number of ether oxygens (including phenoxy) is 3. The first-order chi connectivity index (χ1) is 20.3. The summed E-state index contributed by atoms with van der Waals surface area (Å²) in [5.74, 6) is -0.834. The van der Waals surface area contributed by atoms with E-state index >= 15 is 0 Å². The Balaban J connectivity index is 1.62. The maximum Gasteiger partial charge on any atom is 0.416 e. The molecule has 0 unspecified atom stereocenters. The van der Waals surface area contributed by atoms with Crippen molar-refractivity contribution in [3.8, 4) is 16.9 Å². The Morgan fingerprint density at radius 3 is 2.47 bits per heavy atom. The second-order valence-electron chi connectivity index (χ2n) is 9.67. The Morgan fingerprint density at radius 2 is 1.79 bits per heavy atom. The zero-order valence-corrected chi connectivity index (χ0v) is 24.4. The fourth-order valence-corrected chi connectivity index (χ4v) is 5.10. The molecule has 10 nitrogen and oxygen atoms in total. The van der Waals surface area contributed by atoms with E-state index in [4.69, 9.17) is 14.2 Å². The normalized spacial score (nSPS) is 13.4. The van der Waals surface area contributed by atoms with Crippen molar-refractivity contribution in [1.29, 1.82) is 0 Å². The molecule has 1 aliphatic rings. The average Bonchev–Trinajstić information content (AvgIpc) is 2.96. The van der Waals surface area contributed by atoms with Gasteiger partial charge >= 0.3 is 6.18 Å². The molecule has 0 fully saturated rings. The summed E-state index contributed by atoms with van der Waals surface area (Å²) in [5, 5.41) is 2.34. The fraction of sp³-hybridized carbons (Fsp3) is 0.310. The minimum Gasteiger partial charge on any atom is -0.465 e. The molecule has 3 aromatic rings. The highest BCUT2D eigenvalue weighted by Crippen LogP contribution is 2.36. The summed E-state index contributed by atoms with van der Waals surface area (Å²) in [6.07, 6.45) is -3.30. The van der Waals surface area contributed by atoms with Crippen molar-refractivity contribution in [2.75, 3.05) is 56.6 Å². The number of sulfonamides is 1. The van der Waals surface area contributed by atoms with Crippen molar-refractivity contribution >= 4 is 33.2 Å². The van der Waals surface area contributed by atoms with E-state index in [1.165, 1.54) is 49.4 Å². The predicted molar refractivity (Wildman–Crippen MR) is 154 cm³/mol. The largest absolute Gasteiger partial charge is 0.465 e. The zero-order valence-electron chi connectivity index (χ0n) is 23.6. The number of amides is 2. The van der Waals surface area contributed by atoms with Gasteiger partial charge in [-0.15, -0.1) is 0 Å². The Kier molecular flexibility index (Phi) is 9.62. The standard InChI is InChI=1S/C29H30F3N3O7S/c1-33-27(36)21-13-20(14-22(15-21)29(30,31)32)18-4-6-24-19(12-18)8-9-35(28(24)37)23-5-7-26(42-17-41-11-10-40-2)25(16-23)34-43(3,38)39/h4-7,12-16,34H,8-11,17H2,1-3H3,(H,33,36). The van der Waals surface area contributed by atoms with Crippen molar-refractivity contribution in [2.24, 2.45) is 0 Å². The van der Waals surface area contributed by atoms with Crippen LogP contribution in [0.3, 0.4) is 0 Å². The van der Waals surface area contributed by atoms with Crippen LogP contribution in [0.15, 0.2) is 54.6 Å². The number of halogens is 3. The van der Waals surface area contributed by atoms with Gasteiger partial charge in [0.15, 0.2) is 6.79 Å². The number of nitrogens with zero attached hydrogens (tertiary/aromatic N) is 1. The Labute approximate surface area is 246 Å². The van der Waals surface area contributed by atoms with E-state index in [9.17, 15) is 31.2 Å². The quantitative estimate of drug-likeness (QED) is 0.242. The molecule has 1 heterocycles. The highest BCUT2D eigenvalue weighted by molar-refractivity contribution is 7.92. The molecular weight excluding hydrogens is 591 g/mol. The second-order valence-corrected chi connectivity index (χ2v) is 11.4. The first-order valence-electron chi connectivity index (χ1n) is 13.0. The van der Waals surface area contributed by atoms with E-state index in [0.29, 0.717) is 35.4 Å². The van der Waals surface area contributed by atoms with E-state index in [1.54, 1.807) is 12.1 Å². The summed E-state index contributed by atoms with van der Waals surface area (Å²) in [7, 11) is -0.836. The number of carbonyl (C=O) groups is 2. The molecule has 2 amide bonds. The average molecular weight is 622 g/mol. The lowest BCUT2D eigenvalue weighted by Gasteiger charge is -2.29. The number of alkyl halides is 3. The molecule has 4 rings (SSSR count). The fourth-order valence-electron chi connectivity index (χ4n) is 4.55. The molecule has 0 aliphatic carbocycles. The molecule has 3 aromatic carbocycles. The molecule has 230 valence electrons. The third kappa shape index (κ3) is 7.83. The third-order valence-corrected chi connectivity index (χ3v) is 7.16. The number of benzene rings is 3. The summed E-state index contributed by atoms with van der Waals surface area (Å²) in [4.78, 5) is 27.1. The first kappa shape index (κ1) is 31.8. The van der Waals surface area contributed by atoms with Crippen LogP contribution in [0.5, 0.6) is 5.75 Å². The van der Waals surface area contributed by atoms with Gasteiger partial charge in [0.2, 0.25) is 10.0 Å². The summed E-state index contributed by atoms with van der Waals surface area (Å²) in [6.45, 7) is 0.694. The van der Waals surface area contributed by atoms with Crippen LogP contribution < -0.4 is 19.7 Å². The molecule has 0 spiro atoms. The van der Waals surface area contributed by atoms with Crippen molar-refractivity contribution in [1.82, 2.24) is 5.32 Å². The van der Waals surface area contributed by atoms with Gasteiger partial charge in [-0.25, -0.2) is 8.42 Å². The van der Waals surface area contributed by atoms with Crippen LogP contribution in [-0.2, 0) is 32.1 Å². The summed E-state index contributed by atoms with van der Waals surface area (Å²) in [6, 6.07) is 12.4. The molecule has 2 N–H and O–H groups in total. The summed E-state index contributed by atoms with van der Waals surface area (Å²) < 4.78 is 82.9. The van der Waals surface area contributed by atoms with Gasteiger partial charge in [-0.1, -0.05) is 12.1 Å². The van der Waals surface area contributed by atoms with Gasteiger partial charge < -0.3 is 24.4 Å². The topological polar surface area (TPSA) is 123 Å². The minimum absolute atomic E-state index is 0.112. The number of anilines is 2. The van der Waals surface area contributed by atoms with Gasteiger partial charge in [0.05, 0.1) is 30.7 Å². The van der Waals surface area contributed by atoms with Gasteiger partial charge in [0, 0.05) is 37.5 Å². The molecule has 14 heteroatoms. The highest BCUT2D eigenvalue weighted by Gasteiger charge is 2.32. The lowest BCUT2D eigenvalue weighted by atomic mass is 9.92. The Bertz CT molecular complexity index is 1630. The third-order valence-electron chi connectivity index (χ3n) is 6.57. The van der Waals surface area contributed by atoms with Crippen LogP contribution in [0.25, 0.3) is 11.1 Å². The maximum absolute atomic E-state index is 13.6. The molecule has 43 heavy (non-hydrogen) atoms. The van der Waals surface area contributed by atoms with Crippen LogP contribution in [0.1, 0.15) is 31.8 Å². The molecule has 0 saturated heterocycles. The maximum atomic E-state index is 13.6. The number of fused-ring (bicyclic) bond motifs is 1. The van der Waals surface area contributed by atoms with E-state index in [0.717, 1.165) is 18.4 Å². The van der Waals surface area contributed by atoms with Crippen molar-refractivity contribution < 1.29 is 45.4 Å². The molecule has 0 bridgehead atoms.